The van der Waals surface area contributed by atoms with Gasteiger partial charge in [-0.1, -0.05) is 0 Å². The van der Waals surface area contributed by atoms with Gasteiger partial charge in [0.05, 0.1) is 23.7 Å². The smallest absolute Gasteiger partial charge is 0.324 e. The molecule has 0 amide bonds. The van der Waals surface area contributed by atoms with Gasteiger partial charge in [-0.25, -0.2) is 0 Å². The number of methoxy groups -OCH3 is 1. The summed E-state index contributed by atoms with van der Waals surface area (Å²) in [6.07, 6.45) is 0. The standard InChI is InChI=1S/C17H14N2O5S/c1-11(25-14-6-4-13(5-7-14)19(21)22)17(20)24-15-8-3-12(10-18)9-16(15)23-2/h3-9,11H,1-2H3. The lowest BCUT2D eigenvalue weighted by molar-refractivity contribution is -0.384. The molecule has 2 aromatic carbocycles. The summed E-state index contributed by atoms with van der Waals surface area (Å²) in [6.45, 7) is 1.67. The molecule has 0 saturated heterocycles. The lowest BCUT2D eigenvalue weighted by atomic mass is 10.2. The molecule has 0 fully saturated rings. The minimum absolute atomic E-state index is 0.0121. The molecule has 0 aliphatic heterocycles. The van der Waals surface area contributed by atoms with Gasteiger partial charge in [0, 0.05) is 23.1 Å². The van der Waals surface area contributed by atoms with Crippen molar-refractivity contribution in [1.29, 1.82) is 5.26 Å². The van der Waals surface area contributed by atoms with Crippen LogP contribution in [0.3, 0.4) is 0 Å². The number of carbonyl (C=O) groups excluding carboxylic acids is 1. The molecule has 0 aliphatic carbocycles. The molecule has 128 valence electrons. The van der Waals surface area contributed by atoms with E-state index in [2.05, 4.69) is 0 Å². The second-order valence-electron chi connectivity index (χ2n) is 4.91. The van der Waals surface area contributed by atoms with Crippen molar-refractivity contribution in [3.63, 3.8) is 0 Å². The molecule has 8 heteroatoms. The van der Waals surface area contributed by atoms with E-state index in [4.69, 9.17) is 14.7 Å². The van der Waals surface area contributed by atoms with Crippen LogP contribution >= 0.6 is 11.8 Å². The molecule has 0 aromatic heterocycles. The number of hydrogen-bond donors (Lipinski definition) is 0. The summed E-state index contributed by atoms with van der Waals surface area (Å²) in [4.78, 5) is 23.1. The number of nitro groups is 1. The predicted molar refractivity (Wildman–Crippen MR) is 91.8 cm³/mol. The Hall–Kier alpha value is -3.05. The van der Waals surface area contributed by atoms with E-state index >= 15 is 0 Å². The molecule has 2 rings (SSSR count). The Morgan fingerprint density at radius 2 is 1.92 bits per heavy atom. The largest absolute Gasteiger partial charge is 0.493 e. The van der Waals surface area contributed by atoms with Crippen LogP contribution in [0.4, 0.5) is 5.69 Å². The monoisotopic (exact) mass is 358 g/mol. The van der Waals surface area contributed by atoms with E-state index in [0.717, 1.165) is 0 Å². The Morgan fingerprint density at radius 3 is 2.48 bits per heavy atom. The molecular weight excluding hydrogens is 344 g/mol. The van der Waals surface area contributed by atoms with Gasteiger partial charge in [-0.2, -0.15) is 5.26 Å². The Labute approximate surface area is 148 Å². The normalized spacial score (nSPS) is 11.2. The predicted octanol–water partition coefficient (Wildman–Crippen LogP) is 3.56. The van der Waals surface area contributed by atoms with Gasteiger partial charge in [0.1, 0.15) is 5.25 Å². The van der Waals surface area contributed by atoms with Crippen molar-refractivity contribution in [2.45, 2.75) is 17.1 Å². The van der Waals surface area contributed by atoms with Crippen LogP contribution in [0.25, 0.3) is 0 Å². The summed E-state index contributed by atoms with van der Waals surface area (Å²) in [6, 6.07) is 12.4. The molecule has 0 bridgehead atoms. The van der Waals surface area contributed by atoms with E-state index in [1.807, 2.05) is 6.07 Å². The van der Waals surface area contributed by atoms with Crippen LogP contribution in [0.15, 0.2) is 47.4 Å². The van der Waals surface area contributed by atoms with Gasteiger partial charge in [0.25, 0.3) is 5.69 Å². The van der Waals surface area contributed by atoms with Gasteiger partial charge >= 0.3 is 5.97 Å². The first-order valence-corrected chi connectivity index (χ1v) is 8.03. The Kier molecular flexibility index (Phi) is 5.98. The van der Waals surface area contributed by atoms with Crippen molar-refractivity contribution in [2.75, 3.05) is 7.11 Å². The lowest BCUT2D eigenvalue weighted by Crippen LogP contribution is -2.20. The number of ether oxygens (including phenoxy) is 2. The van der Waals surface area contributed by atoms with Crippen LogP contribution in [-0.4, -0.2) is 23.3 Å². The average Bonchev–Trinajstić information content (AvgIpc) is 2.62. The first-order chi connectivity index (χ1) is 11.9. The van der Waals surface area contributed by atoms with Crippen LogP contribution in [0.1, 0.15) is 12.5 Å². The van der Waals surface area contributed by atoms with Crippen LogP contribution in [-0.2, 0) is 4.79 Å². The molecule has 0 radical (unpaired) electrons. The number of nitriles is 1. The van der Waals surface area contributed by atoms with Crippen LogP contribution < -0.4 is 9.47 Å². The molecule has 0 saturated carbocycles. The van der Waals surface area contributed by atoms with E-state index in [-0.39, 0.29) is 11.4 Å². The number of thioether (sulfide) groups is 1. The van der Waals surface area contributed by atoms with Gasteiger partial charge in [-0.05, 0) is 31.2 Å². The third kappa shape index (κ3) is 4.71. The maximum Gasteiger partial charge on any atom is 0.324 e. The molecule has 0 heterocycles. The van der Waals surface area contributed by atoms with Gasteiger partial charge in [0.2, 0.25) is 0 Å². The van der Waals surface area contributed by atoms with Crippen LogP contribution in [0.5, 0.6) is 11.5 Å². The molecular formula is C17H14N2O5S. The fourth-order valence-electron chi connectivity index (χ4n) is 1.91. The van der Waals surface area contributed by atoms with Crippen molar-refractivity contribution in [2.24, 2.45) is 0 Å². The number of non-ortho nitro benzene ring substituents is 1. The van der Waals surface area contributed by atoms with Crippen LogP contribution in [0.2, 0.25) is 0 Å². The molecule has 0 spiro atoms. The molecule has 0 aliphatic rings. The number of nitrogens with zero attached hydrogens (tertiary/aromatic N) is 2. The molecule has 0 N–H and O–H groups in total. The number of esters is 1. The molecule has 7 nitrogen and oxygen atoms in total. The second-order valence-corrected chi connectivity index (χ2v) is 6.32. The van der Waals surface area contributed by atoms with Crippen molar-refractivity contribution >= 4 is 23.4 Å². The third-order valence-electron chi connectivity index (χ3n) is 3.20. The number of hydrogen-bond acceptors (Lipinski definition) is 7. The first-order valence-electron chi connectivity index (χ1n) is 7.15. The summed E-state index contributed by atoms with van der Waals surface area (Å²) < 4.78 is 10.5. The number of carbonyl (C=O) groups is 1. The van der Waals surface area contributed by atoms with Crippen molar-refractivity contribution in [3.8, 4) is 17.6 Å². The van der Waals surface area contributed by atoms with E-state index in [1.165, 1.54) is 49.2 Å². The lowest BCUT2D eigenvalue weighted by Gasteiger charge is -2.13. The first kappa shape index (κ1) is 18.3. The van der Waals surface area contributed by atoms with Gasteiger partial charge in [0.15, 0.2) is 11.5 Å². The molecule has 1 unspecified atom stereocenters. The number of benzene rings is 2. The second kappa shape index (κ2) is 8.17. The molecule has 25 heavy (non-hydrogen) atoms. The highest BCUT2D eigenvalue weighted by atomic mass is 32.2. The summed E-state index contributed by atoms with van der Waals surface area (Å²) in [5.41, 5.74) is 0.381. The summed E-state index contributed by atoms with van der Waals surface area (Å²) in [7, 11) is 1.42. The molecule has 1 atom stereocenters. The fraction of sp³-hybridized carbons (Fsp3) is 0.176. The SMILES string of the molecule is COc1cc(C#N)ccc1OC(=O)C(C)Sc1ccc([N+](=O)[O-])cc1. The quantitative estimate of drug-likeness (QED) is 0.256. The third-order valence-corrected chi connectivity index (χ3v) is 4.29. The van der Waals surface area contributed by atoms with E-state index in [9.17, 15) is 14.9 Å². The Morgan fingerprint density at radius 1 is 1.24 bits per heavy atom. The van der Waals surface area contributed by atoms with Gasteiger partial charge < -0.3 is 9.47 Å². The van der Waals surface area contributed by atoms with E-state index in [0.29, 0.717) is 16.2 Å². The maximum absolute atomic E-state index is 12.2. The molecule has 2 aromatic rings. The van der Waals surface area contributed by atoms with Crippen molar-refractivity contribution in [3.05, 3.63) is 58.1 Å². The highest BCUT2D eigenvalue weighted by molar-refractivity contribution is 8.00. The van der Waals surface area contributed by atoms with Crippen LogP contribution in [0, 0.1) is 21.4 Å². The number of nitro benzene ring substituents is 1. The Balaban J connectivity index is 2.05. The van der Waals surface area contributed by atoms with Gasteiger partial charge in [-0.15, -0.1) is 11.8 Å². The number of rotatable bonds is 6. The Bertz CT molecular complexity index is 830. The zero-order valence-corrected chi connectivity index (χ0v) is 14.3. The van der Waals surface area contributed by atoms with E-state index in [1.54, 1.807) is 19.1 Å². The highest BCUT2D eigenvalue weighted by Gasteiger charge is 2.19. The van der Waals surface area contributed by atoms with Crippen molar-refractivity contribution < 1.29 is 19.2 Å². The zero-order valence-electron chi connectivity index (χ0n) is 13.5. The summed E-state index contributed by atoms with van der Waals surface area (Å²) >= 11 is 1.22. The minimum Gasteiger partial charge on any atom is -0.493 e. The zero-order chi connectivity index (χ0) is 18.4. The average molecular weight is 358 g/mol. The maximum atomic E-state index is 12.2. The minimum atomic E-state index is -0.540. The highest BCUT2D eigenvalue weighted by Crippen LogP contribution is 2.30. The fourth-order valence-corrected chi connectivity index (χ4v) is 2.76. The van der Waals surface area contributed by atoms with Crippen molar-refractivity contribution in [1.82, 2.24) is 0 Å². The van der Waals surface area contributed by atoms with Gasteiger partial charge in [-0.3, -0.25) is 14.9 Å². The van der Waals surface area contributed by atoms with E-state index < -0.39 is 16.1 Å². The topological polar surface area (TPSA) is 102 Å². The summed E-state index contributed by atoms with van der Waals surface area (Å²) in [5, 5.41) is 19.0. The summed E-state index contributed by atoms with van der Waals surface area (Å²) in [5.74, 6) is 0.0222.